The molecule has 1 heterocycles. The van der Waals surface area contributed by atoms with Crippen LogP contribution >= 0.6 is 11.6 Å². The highest BCUT2D eigenvalue weighted by Crippen LogP contribution is 2.14. The van der Waals surface area contributed by atoms with E-state index in [0.717, 1.165) is 0 Å². The van der Waals surface area contributed by atoms with Crippen molar-refractivity contribution in [1.82, 2.24) is 19.7 Å². The zero-order valence-corrected chi connectivity index (χ0v) is 16.1. The van der Waals surface area contributed by atoms with Crippen LogP contribution in [0.3, 0.4) is 0 Å². The molecule has 1 aromatic carbocycles. The van der Waals surface area contributed by atoms with Gasteiger partial charge < -0.3 is 9.80 Å². The van der Waals surface area contributed by atoms with E-state index in [0.29, 0.717) is 28.3 Å². The minimum Gasteiger partial charge on any atom is -0.347 e. The van der Waals surface area contributed by atoms with Gasteiger partial charge in [0.15, 0.2) is 5.82 Å². The van der Waals surface area contributed by atoms with Crippen molar-refractivity contribution in [2.45, 2.75) is 12.3 Å². The lowest BCUT2D eigenvalue weighted by Gasteiger charge is -2.16. The van der Waals surface area contributed by atoms with Crippen molar-refractivity contribution < 1.29 is 8.42 Å². The van der Waals surface area contributed by atoms with Gasteiger partial charge in [0.05, 0.1) is 12.3 Å². The lowest BCUT2D eigenvalue weighted by atomic mass is 10.2. The Labute approximate surface area is 152 Å². The van der Waals surface area contributed by atoms with Crippen molar-refractivity contribution in [2.24, 2.45) is 0 Å². The Bertz CT molecular complexity index is 815. The molecular formula is C15H21ClN6O2S. The Kier molecular flexibility index (Phi) is 6.15. The number of hydrogen-bond donors (Lipinski definition) is 1. The minimum atomic E-state index is -3.55. The predicted molar refractivity (Wildman–Crippen MR) is 99.4 cm³/mol. The number of benzene rings is 1. The largest absolute Gasteiger partial charge is 0.347 e. The molecule has 0 bridgehead atoms. The van der Waals surface area contributed by atoms with Gasteiger partial charge in [-0.1, -0.05) is 23.7 Å². The van der Waals surface area contributed by atoms with Gasteiger partial charge in [-0.25, -0.2) is 13.1 Å². The second kappa shape index (κ2) is 7.94. The molecule has 1 aromatic heterocycles. The van der Waals surface area contributed by atoms with Crippen molar-refractivity contribution >= 4 is 33.5 Å². The Balaban J connectivity index is 2.14. The maximum atomic E-state index is 12.3. The molecule has 0 atom stereocenters. The van der Waals surface area contributed by atoms with Gasteiger partial charge >= 0.3 is 0 Å². The van der Waals surface area contributed by atoms with Crippen LogP contribution in [0, 0.1) is 0 Å². The smallest absolute Gasteiger partial charge is 0.229 e. The van der Waals surface area contributed by atoms with Gasteiger partial charge in [-0.2, -0.15) is 15.0 Å². The topological polar surface area (TPSA) is 91.3 Å². The second-order valence-electron chi connectivity index (χ2n) is 5.85. The van der Waals surface area contributed by atoms with Gasteiger partial charge in [0.25, 0.3) is 0 Å². The molecule has 1 N–H and O–H groups in total. The predicted octanol–water partition coefficient (Wildman–Crippen LogP) is 1.28. The Morgan fingerprint density at radius 2 is 1.64 bits per heavy atom. The van der Waals surface area contributed by atoms with Crippen LogP contribution in [0.15, 0.2) is 24.3 Å². The van der Waals surface area contributed by atoms with Crippen LogP contribution < -0.4 is 14.5 Å². The molecule has 2 rings (SSSR count). The maximum Gasteiger partial charge on any atom is 0.229 e. The molecular weight excluding hydrogens is 364 g/mol. The Morgan fingerprint density at radius 3 is 2.16 bits per heavy atom. The van der Waals surface area contributed by atoms with E-state index < -0.39 is 10.0 Å². The number of nitrogens with one attached hydrogen (secondary N) is 1. The second-order valence-corrected chi connectivity index (χ2v) is 8.09. The number of halogens is 1. The van der Waals surface area contributed by atoms with Crippen LogP contribution in [-0.4, -0.2) is 51.6 Å². The van der Waals surface area contributed by atoms with E-state index in [9.17, 15) is 8.42 Å². The summed E-state index contributed by atoms with van der Waals surface area (Å²) >= 11 is 5.89. The standard InChI is InChI=1S/C15H21ClN6O2S/c1-21(2)14-18-13(19-15(20-14)22(3)4)9-17-25(23,24)10-11-6-5-7-12(16)8-11/h5-8,17H,9-10H2,1-4H3. The van der Waals surface area contributed by atoms with Gasteiger partial charge in [-0.05, 0) is 17.7 Å². The van der Waals surface area contributed by atoms with Crippen LogP contribution in [0.25, 0.3) is 0 Å². The zero-order valence-electron chi connectivity index (χ0n) is 14.6. The highest BCUT2D eigenvalue weighted by Gasteiger charge is 2.15. The molecule has 8 nitrogen and oxygen atoms in total. The first-order valence-corrected chi connectivity index (χ1v) is 9.51. The summed E-state index contributed by atoms with van der Waals surface area (Å²) in [5.41, 5.74) is 0.610. The van der Waals surface area contributed by atoms with Crippen molar-refractivity contribution in [2.75, 3.05) is 38.0 Å². The molecule has 0 aliphatic rings. The van der Waals surface area contributed by atoms with Crippen molar-refractivity contribution in [3.63, 3.8) is 0 Å². The molecule has 0 amide bonds. The normalized spacial score (nSPS) is 11.4. The summed E-state index contributed by atoms with van der Waals surface area (Å²) < 4.78 is 27.1. The van der Waals surface area contributed by atoms with Crippen molar-refractivity contribution in [1.29, 1.82) is 0 Å². The molecule has 136 valence electrons. The molecule has 2 aromatic rings. The van der Waals surface area contributed by atoms with Crippen LogP contribution in [0.4, 0.5) is 11.9 Å². The number of aromatic nitrogens is 3. The van der Waals surface area contributed by atoms with Gasteiger partial charge in [0, 0.05) is 33.2 Å². The van der Waals surface area contributed by atoms with E-state index in [4.69, 9.17) is 11.6 Å². The molecule has 0 saturated heterocycles. The van der Waals surface area contributed by atoms with E-state index in [-0.39, 0.29) is 12.3 Å². The van der Waals surface area contributed by atoms with Gasteiger partial charge in [0.1, 0.15) is 0 Å². The molecule has 0 spiro atoms. The van der Waals surface area contributed by atoms with Crippen LogP contribution in [0.1, 0.15) is 11.4 Å². The summed E-state index contributed by atoms with van der Waals surface area (Å²) in [5, 5.41) is 0.497. The zero-order chi connectivity index (χ0) is 18.6. The molecule has 0 fully saturated rings. The molecule has 0 radical (unpaired) electrons. The third-order valence-electron chi connectivity index (χ3n) is 3.15. The minimum absolute atomic E-state index is 0.0207. The Hall–Kier alpha value is -1.97. The van der Waals surface area contributed by atoms with Crippen molar-refractivity contribution in [3.8, 4) is 0 Å². The van der Waals surface area contributed by atoms with Crippen LogP contribution in [-0.2, 0) is 22.3 Å². The van der Waals surface area contributed by atoms with Gasteiger partial charge in [0.2, 0.25) is 21.9 Å². The molecule has 0 aliphatic heterocycles. The SMILES string of the molecule is CN(C)c1nc(CNS(=O)(=O)Cc2cccc(Cl)c2)nc(N(C)C)n1. The fraction of sp³-hybridized carbons (Fsp3) is 0.400. The summed E-state index contributed by atoms with van der Waals surface area (Å²) in [5.74, 6) is 1.10. The first-order chi connectivity index (χ1) is 11.7. The lowest BCUT2D eigenvalue weighted by molar-refractivity contribution is 0.578. The number of hydrogen-bond acceptors (Lipinski definition) is 7. The highest BCUT2D eigenvalue weighted by molar-refractivity contribution is 7.88. The Morgan fingerprint density at radius 1 is 1.04 bits per heavy atom. The quantitative estimate of drug-likeness (QED) is 0.768. The molecule has 0 unspecified atom stereocenters. The van der Waals surface area contributed by atoms with E-state index in [1.807, 2.05) is 28.2 Å². The first-order valence-electron chi connectivity index (χ1n) is 7.47. The number of sulfonamides is 1. The fourth-order valence-electron chi connectivity index (χ4n) is 1.95. The van der Waals surface area contributed by atoms with E-state index in [2.05, 4.69) is 19.7 Å². The average Bonchev–Trinajstić information content (AvgIpc) is 2.52. The van der Waals surface area contributed by atoms with E-state index >= 15 is 0 Å². The molecule has 10 heteroatoms. The van der Waals surface area contributed by atoms with Crippen LogP contribution in [0.5, 0.6) is 0 Å². The third-order valence-corrected chi connectivity index (χ3v) is 4.69. The lowest BCUT2D eigenvalue weighted by Crippen LogP contribution is -2.27. The van der Waals surface area contributed by atoms with E-state index in [1.165, 1.54) is 0 Å². The summed E-state index contributed by atoms with van der Waals surface area (Å²) in [6, 6.07) is 6.74. The fourth-order valence-corrected chi connectivity index (χ4v) is 3.23. The summed E-state index contributed by atoms with van der Waals surface area (Å²) in [6.07, 6.45) is 0. The number of nitrogens with zero attached hydrogens (tertiary/aromatic N) is 5. The third kappa shape index (κ3) is 5.80. The first kappa shape index (κ1) is 19.4. The number of rotatable bonds is 7. The number of anilines is 2. The van der Waals surface area contributed by atoms with Gasteiger partial charge in [-0.15, -0.1) is 0 Å². The summed E-state index contributed by atoms with van der Waals surface area (Å²) in [6.45, 7) is -0.0207. The van der Waals surface area contributed by atoms with Gasteiger partial charge in [-0.3, -0.25) is 0 Å². The maximum absolute atomic E-state index is 12.3. The van der Waals surface area contributed by atoms with Crippen molar-refractivity contribution in [3.05, 3.63) is 40.7 Å². The summed E-state index contributed by atoms with van der Waals surface area (Å²) in [4.78, 5) is 16.3. The van der Waals surface area contributed by atoms with E-state index in [1.54, 1.807) is 34.1 Å². The molecule has 0 aliphatic carbocycles. The average molecular weight is 385 g/mol. The monoisotopic (exact) mass is 384 g/mol. The molecule has 25 heavy (non-hydrogen) atoms. The molecule has 0 saturated carbocycles. The van der Waals surface area contributed by atoms with Crippen LogP contribution in [0.2, 0.25) is 5.02 Å². The summed E-state index contributed by atoms with van der Waals surface area (Å²) in [7, 11) is 3.68. The highest BCUT2D eigenvalue weighted by atomic mass is 35.5.